The number of rotatable bonds is 2. The molecule has 1 nitrogen and oxygen atoms in total. The van der Waals surface area contributed by atoms with Gasteiger partial charge in [-0.15, -0.1) is 0 Å². The van der Waals surface area contributed by atoms with Gasteiger partial charge in [0.05, 0.1) is 0 Å². The second-order valence-electron chi connectivity index (χ2n) is 3.99. The fraction of sp³-hybridized carbons (Fsp3) is 0.500. The summed E-state index contributed by atoms with van der Waals surface area (Å²) in [7, 11) is 0. The van der Waals surface area contributed by atoms with Crippen molar-refractivity contribution in [1.29, 1.82) is 0 Å². The van der Waals surface area contributed by atoms with E-state index >= 15 is 0 Å². The van der Waals surface area contributed by atoms with Crippen molar-refractivity contribution in [1.82, 2.24) is 0 Å². The highest BCUT2D eigenvalue weighted by molar-refractivity contribution is 5.48. The summed E-state index contributed by atoms with van der Waals surface area (Å²) in [6.45, 7) is 6.03. The van der Waals surface area contributed by atoms with E-state index in [1.165, 1.54) is 0 Å². The van der Waals surface area contributed by atoms with E-state index in [0.29, 0.717) is 5.75 Å². The SMILES string of the molecule is Cc1cc(C)c(C)c(OCC(F)(F)F)c1C. The molecule has 90 valence electrons. The summed E-state index contributed by atoms with van der Waals surface area (Å²) in [5.41, 5.74) is 3.43. The van der Waals surface area contributed by atoms with Crippen LogP contribution in [0.15, 0.2) is 6.07 Å². The summed E-state index contributed by atoms with van der Waals surface area (Å²) < 4.78 is 41.1. The summed E-state index contributed by atoms with van der Waals surface area (Å²) in [6.07, 6.45) is -4.30. The third-order valence-corrected chi connectivity index (χ3v) is 2.68. The lowest BCUT2D eigenvalue weighted by atomic mass is 10.0. The average molecular weight is 232 g/mol. The fourth-order valence-electron chi connectivity index (χ4n) is 1.55. The first kappa shape index (κ1) is 12.9. The molecule has 0 saturated heterocycles. The van der Waals surface area contributed by atoms with E-state index in [1.54, 1.807) is 13.8 Å². The van der Waals surface area contributed by atoms with Crippen LogP contribution in [0.3, 0.4) is 0 Å². The smallest absolute Gasteiger partial charge is 0.422 e. The Balaban J connectivity index is 3.04. The van der Waals surface area contributed by atoms with E-state index in [0.717, 1.165) is 22.3 Å². The van der Waals surface area contributed by atoms with Gasteiger partial charge in [-0.1, -0.05) is 6.07 Å². The number of aryl methyl sites for hydroxylation is 2. The third-order valence-electron chi connectivity index (χ3n) is 2.68. The predicted octanol–water partition coefficient (Wildman–Crippen LogP) is 3.86. The van der Waals surface area contributed by atoms with Crippen LogP contribution in [0, 0.1) is 27.7 Å². The first-order valence-electron chi connectivity index (χ1n) is 4.99. The Bertz CT molecular complexity index is 368. The number of benzene rings is 1. The molecule has 1 aromatic carbocycles. The number of alkyl halides is 3. The second-order valence-corrected chi connectivity index (χ2v) is 3.99. The molecule has 0 fully saturated rings. The zero-order chi connectivity index (χ0) is 12.5. The quantitative estimate of drug-likeness (QED) is 0.752. The summed E-state index contributed by atoms with van der Waals surface area (Å²) in [6, 6.07) is 1.95. The number of hydrogen-bond acceptors (Lipinski definition) is 1. The maximum Gasteiger partial charge on any atom is 0.422 e. The van der Waals surface area contributed by atoms with Gasteiger partial charge in [0.15, 0.2) is 6.61 Å². The fourth-order valence-corrected chi connectivity index (χ4v) is 1.55. The van der Waals surface area contributed by atoms with Gasteiger partial charge in [-0.25, -0.2) is 0 Å². The van der Waals surface area contributed by atoms with Crippen LogP contribution >= 0.6 is 0 Å². The molecule has 0 spiro atoms. The molecule has 16 heavy (non-hydrogen) atoms. The number of ether oxygens (including phenoxy) is 1. The molecule has 0 N–H and O–H groups in total. The highest BCUT2D eigenvalue weighted by Gasteiger charge is 2.29. The highest BCUT2D eigenvalue weighted by Crippen LogP contribution is 2.30. The van der Waals surface area contributed by atoms with Crippen LogP contribution in [-0.4, -0.2) is 12.8 Å². The Kier molecular flexibility index (Phi) is 3.51. The van der Waals surface area contributed by atoms with E-state index < -0.39 is 12.8 Å². The Morgan fingerprint density at radius 3 is 1.81 bits per heavy atom. The molecule has 0 aliphatic rings. The molecule has 0 bridgehead atoms. The van der Waals surface area contributed by atoms with Gasteiger partial charge in [-0.05, 0) is 49.9 Å². The third kappa shape index (κ3) is 2.90. The van der Waals surface area contributed by atoms with Gasteiger partial charge in [-0.3, -0.25) is 0 Å². The van der Waals surface area contributed by atoms with Crippen LogP contribution in [0.4, 0.5) is 13.2 Å². The lowest BCUT2D eigenvalue weighted by Crippen LogP contribution is -2.20. The van der Waals surface area contributed by atoms with Crippen molar-refractivity contribution in [3.05, 3.63) is 28.3 Å². The van der Waals surface area contributed by atoms with Crippen LogP contribution in [-0.2, 0) is 0 Å². The van der Waals surface area contributed by atoms with E-state index in [9.17, 15) is 13.2 Å². The van der Waals surface area contributed by atoms with Gasteiger partial charge < -0.3 is 4.74 Å². The van der Waals surface area contributed by atoms with E-state index in [-0.39, 0.29) is 0 Å². The first-order valence-corrected chi connectivity index (χ1v) is 4.99. The molecular weight excluding hydrogens is 217 g/mol. The molecule has 0 unspecified atom stereocenters. The Morgan fingerprint density at radius 1 is 1.00 bits per heavy atom. The lowest BCUT2D eigenvalue weighted by Gasteiger charge is -2.17. The van der Waals surface area contributed by atoms with Crippen LogP contribution in [0.2, 0.25) is 0 Å². The van der Waals surface area contributed by atoms with Crippen molar-refractivity contribution in [3.8, 4) is 5.75 Å². The van der Waals surface area contributed by atoms with Crippen LogP contribution in [0.5, 0.6) is 5.75 Å². The molecule has 0 amide bonds. The van der Waals surface area contributed by atoms with E-state index in [4.69, 9.17) is 4.74 Å². The molecule has 1 rings (SSSR count). The van der Waals surface area contributed by atoms with Crippen LogP contribution < -0.4 is 4.74 Å². The van der Waals surface area contributed by atoms with Crippen molar-refractivity contribution in [3.63, 3.8) is 0 Å². The predicted molar refractivity (Wildman–Crippen MR) is 56.9 cm³/mol. The zero-order valence-corrected chi connectivity index (χ0v) is 9.83. The summed E-state index contributed by atoms with van der Waals surface area (Å²) in [5.74, 6) is 0.356. The molecule has 0 atom stereocenters. The largest absolute Gasteiger partial charge is 0.484 e. The Labute approximate surface area is 93.2 Å². The van der Waals surface area contributed by atoms with Crippen LogP contribution in [0.1, 0.15) is 22.3 Å². The average Bonchev–Trinajstić information content (AvgIpc) is 2.13. The highest BCUT2D eigenvalue weighted by atomic mass is 19.4. The van der Waals surface area contributed by atoms with Crippen LogP contribution in [0.25, 0.3) is 0 Å². The van der Waals surface area contributed by atoms with Gasteiger partial charge in [0, 0.05) is 0 Å². The van der Waals surface area contributed by atoms with Gasteiger partial charge in [0.2, 0.25) is 0 Å². The Morgan fingerprint density at radius 2 is 1.44 bits per heavy atom. The van der Waals surface area contributed by atoms with Crippen molar-refractivity contribution in [2.24, 2.45) is 0 Å². The lowest BCUT2D eigenvalue weighted by molar-refractivity contribution is -0.153. The van der Waals surface area contributed by atoms with Gasteiger partial charge >= 0.3 is 6.18 Å². The minimum absolute atomic E-state index is 0.356. The van der Waals surface area contributed by atoms with Gasteiger partial charge in [0.1, 0.15) is 5.75 Å². The van der Waals surface area contributed by atoms with Crippen molar-refractivity contribution >= 4 is 0 Å². The minimum Gasteiger partial charge on any atom is -0.484 e. The maximum atomic E-state index is 12.1. The summed E-state index contributed by atoms with van der Waals surface area (Å²) >= 11 is 0. The van der Waals surface area contributed by atoms with Gasteiger partial charge in [0.25, 0.3) is 0 Å². The van der Waals surface area contributed by atoms with E-state index in [2.05, 4.69) is 0 Å². The molecule has 0 heterocycles. The molecule has 0 radical (unpaired) electrons. The second kappa shape index (κ2) is 4.36. The summed E-state index contributed by atoms with van der Waals surface area (Å²) in [4.78, 5) is 0. The normalized spacial score (nSPS) is 11.7. The first-order chi connectivity index (χ1) is 7.22. The molecular formula is C12H15F3O. The maximum absolute atomic E-state index is 12.1. The van der Waals surface area contributed by atoms with Gasteiger partial charge in [-0.2, -0.15) is 13.2 Å². The molecule has 1 aromatic rings. The molecule has 0 aliphatic heterocycles. The molecule has 0 aromatic heterocycles. The standard InChI is InChI=1S/C12H15F3O/c1-7-5-8(2)10(4)11(9(7)3)16-6-12(13,14)15/h5H,6H2,1-4H3. The minimum atomic E-state index is -4.30. The van der Waals surface area contributed by atoms with Crippen molar-refractivity contribution in [2.45, 2.75) is 33.9 Å². The van der Waals surface area contributed by atoms with Crippen molar-refractivity contribution in [2.75, 3.05) is 6.61 Å². The molecule has 0 saturated carbocycles. The Hall–Kier alpha value is -1.19. The molecule has 0 aliphatic carbocycles. The number of hydrogen-bond donors (Lipinski definition) is 0. The van der Waals surface area contributed by atoms with Crippen molar-refractivity contribution < 1.29 is 17.9 Å². The molecule has 4 heteroatoms. The number of halogens is 3. The monoisotopic (exact) mass is 232 g/mol. The van der Waals surface area contributed by atoms with E-state index in [1.807, 2.05) is 19.9 Å². The topological polar surface area (TPSA) is 9.23 Å². The zero-order valence-electron chi connectivity index (χ0n) is 9.83. The summed E-state index contributed by atoms with van der Waals surface area (Å²) in [5, 5.41) is 0.